The molecule has 2 aromatic rings. The van der Waals surface area contributed by atoms with Crippen molar-refractivity contribution in [3.8, 4) is 0 Å². The first kappa shape index (κ1) is 19.4. The van der Waals surface area contributed by atoms with E-state index in [0.29, 0.717) is 18.2 Å². The summed E-state index contributed by atoms with van der Waals surface area (Å²) in [5.74, 6) is 2.05. The van der Waals surface area contributed by atoms with Crippen molar-refractivity contribution in [2.75, 3.05) is 31.6 Å². The van der Waals surface area contributed by atoms with Gasteiger partial charge in [0.25, 0.3) is 5.78 Å². The Morgan fingerprint density at radius 1 is 1.41 bits per heavy atom. The molecule has 0 aromatic carbocycles. The molecule has 8 heteroatoms. The van der Waals surface area contributed by atoms with Crippen LogP contribution < -0.4 is 4.90 Å². The molecule has 0 unspecified atom stereocenters. The first-order valence-corrected chi connectivity index (χ1v) is 9.65. The first-order chi connectivity index (χ1) is 12.8. The van der Waals surface area contributed by atoms with Gasteiger partial charge in [0.15, 0.2) is 0 Å². The molecule has 8 nitrogen and oxygen atoms in total. The summed E-state index contributed by atoms with van der Waals surface area (Å²) in [4.78, 5) is 25.1. The Kier molecular flexibility index (Phi) is 5.53. The van der Waals surface area contributed by atoms with Crippen molar-refractivity contribution in [2.24, 2.45) is 5.92 Å². The lowest BCUT2D eigenvalue weighted by atomic mass is 9.97. The van der Waals surface area contributed by atoms with Gasteiger partial charge in [0, 0.05) is 38.4 Å². The Labute approximate surface area is 160 Å². The van der Waals surface area contributed by atoms with Crippen molar-refractivity contribution in [1.82, 2.24) is 24.5 Å². The highest BCUT2D eigenvalue weighted by Crippen LogP contribution is 2.25. The number of aromatic nitrogens is 4. The molecule has 1 aliphatic heterocycles. The molecule has 1 amide bonds. The van der Waals surface area contributed by atoms with Crippen LogP contribution in [0.2, 0.25) is 0 Å². The van der Waals surface area contributed by atoms with E-state index in [-0.39, 0.29) is 6.09 Å². The predicted octanol–water partition coefficient (Wildman–Crippen LogP) is 2.77. The highest BCUT2D eigenvalue weighted by molar-refractivity contribution is 5.67. The van der Waals surface area contributed by atoms with Gasteiger partial charge in [-0.3, -0.25) is 0 Å². The summed E-state index contributed by atoms with van der Waals surface area (Å²) in [6.45, 7) is 10.3. The lowest BCUT2D eigenvalue weighted by molar-refractivity contribution is 0.0269. The molecule has 0 saturated carbocycles. The fraction of sp³-hybridized carbons (Fsp3) is 0.684. The van der Waals surface area contributed by atoms with Crippen LogP contribution >= 0.6 is 0 Å². The van der Waals surface area contributed by atoms with Crippen molar-refractivity contribution in [3.63, 3.8) is 0 Å². The van der Waals surface area contributed by atoms with Gasteiger partial charge in [-0.2, -0.15) is 14.6 Å². The van der Waals surface area contributed by atoms with Crippen LogP contribution in [0.3, 0.4) is 0 Å². The first-order valence-electron chi connectivity index (χ1n) is 9.65. The summed E-state index contributed by atoms with van der Waals surface area (Å²) >= 11 is 0. The number of amides is 1. The molecule has 3 heterocycles. The largest absolute Gasteiger partial charge is 0.444 e. The van der Waals surface area contributed by atoms with Gasteiger partial charge in [0.2, 0.25) is 0 Å². The summed E-state index contributed by atoms with van der Waals surface area (Å²) < 4.78 is 7.28. The molecule has 1 aliphatic rings. The molecule has 0 bridgehead atoms. The molecule has 27 heavy (non-hydrogen) atoms. The fourth-order valence-corrected chi connectivity index (χ4v) is 3.47. The Morgan fingerprint density at radius 3 is 2.89 bits per heavy atom. The maximum atomic E-state index is 12.3. The number of fused-ring (bicyclic) bond motifs is 1. The van der Waals surface area contributed by atoms with Gasteiger partial charge >= 0.3 is 6.09 Å². The molecular weight excluding hydrogens is 344 g/mol. The summed E-state index contributed by atoms with van der Waals surface area (Å²) in [6.07, 6.45) is 4.30. The zero-order valence-electron chi connectivity index (χ0n) is 17.0. The Hall–Kier alpha value is -2.38. The molecule has 1 fully saturated rings. The molecule has 1 atom stereocenters. The topological polar surface area (TPSA) is 75.9 Å². The summed E-state index contributed by atoms with van der Waals surface area (Å²) in [5, 5.41) is 4.34. The zero-order valence-corrected chi connectivity index (χ0v) is 17.0. The van der Waals surface area contributed by atoms with E-state index in [1.807, 2.05) is 27.8 Å². The van der Waals surface area contributed by atoms with E-state index >= 15 is 0 Å². The SMILES string of the molecule is CCc1cc(N2CCC[C@@H](CN(C)C(=O)OC(C)(C)C)C2)n2ncnc2n1. The lowest BCUT2D eigenvalue weighted by Crippen LogP contribution is -2.43. The third-order valence-corrected chi connectivity index (χ3v) is 4.73. The molecule has 0 radical (unpaired) electrons. The van der Waals surface area contributed by atoms with Crippen LogP contribution in [0.25, 0.3) is 5.78 Å². The predicted molar refractivity (Wildman–Crippen MR) is 104 cm³/mol. The molecule has 0 aliphatic carbocycles. The average molecular weight is 374 g/mol. The smallest absolute Gasteiger partial charge is 0.410 e. The number of anilines is 1. The second-order valence-electron chi connectivity index (χ2n) is 8.25. The number of carbonyl (C=O) groups excluding carboxylic acids is 1. The van der Waals surface area contributed by atoms with Gasteiger partial charge in [0.05, 0.1) is 0 Å². The molecule has 3 rings (SSSR count). The average Bonchev–Trinajstić information content (AvgIpc) is 3.08. The minimum atomic E-state index is -0.476. The molecule has 148 valence electrons. The monoisotopic (exact) mass is 374 g/mol. The van der Waals surface area contributed by atoms with Crippen LogP contribution in [0.5, 0.6) is 0 Å². The Morgan fingerprint density at radius 2 is 2.19 bits per heavy atom. The second kappa shape index (κ2) is 7.70. The normalized spacial score (nSPS) is 18.0. The third kappa shape index (κ3) is 4.67. The van der Waals surface area contributed by atoms with Crippen LogP contribution in [0.15, 0.2) is 12.4 Å². The third-order valence-electron chi connectivity index (χ3n) is 4.73. The highest BCUT2D eigenvalue weighted by atomic mass is 16.6. The van der Waals surface area contributed by atoms with Crippen LogP contribution in [-0.4, -0.2) is 62.9 Å². The van der Waals surface area contributed by atoms with E-state index in [2.05, 4.69) is 33.0 Å². The van der Waals surface area contributed by atoms with E-state index in [9.17, 15) is 4.79 Å². The van der Waals surface area contributed by atoms with E-state index in [1.54, 1.807) is 15.7 Å². The van der Waals surface area contributed by atoms with Gasteiger partial charge in [-0.15, -0.1) is 0 Å². The number of ether oxygens (including phenoxy) is 1. The molecular formula is C19H30N6O2. The van der Waals surface area contributed by atoms with Crippen LogP contribution in [0.1, 0.15) is 46.2 Å². The van der Waals surface area contributed by atoms with E-state index in [0.717, 1.165) is 43.9 Å². The maximum Gasteiger partial charge on any atom is 0.410 e. The summed E-state index contributed by atoms with van der Waals surface area (Å²) in [5.41, 5.74) is 0.537. The van der Waals surface area contributed by atoms with Gasteiger partial charge in [-0.25, -0.2) is 9.78 Å². The van der Waals surface area contributed by atoms with Gasteiger partial charge in [-0.05, 0) is 46.0 Å². The van der Waals surface area contributed by atoms with Gasteiger partial charge in [-0.1, -0.05) is 6.92 Å². The Balaban J connectivity index is 1.71. The van der Waals surface area contributed by atoms with Crippen molar-refractivity contribution in [1.29, 1.82) is 0 Å². The molecule has 0 spiro atoms. The fourth-order valence-electron chi connectivity index (χ4n) is 3.47. The number of carbonyl (C=O) groups is 1. The number of hydrogen-bond acceptors (Lipinski definition) is 6. The molecule has 2 aromatic heterocycles. The second-order valence-corrected chi connectivity index (χ2v) is 8.25. The number of hydrogen-bond donors (Lipinski definition) is 0. The number of piperidine rings is 1. The van der Waals surface area contributed by atoms with Gasteiger partial charge < -0.3 is 14.5 Å². The highest BCUT2D eigenvalue weighted by Gasteiger charge is 2.27. The minimum Gasteiger partial charge on any atom is -0.444 e. The van der Waals surface area contributed by atoms with Crippen molar-refractivity contribution in [3.05, 3.63) is 18.1 Å². The quantitative estimate of drug-likeness (QED) is 0.819. The summed E-state index contributed by atoms with van der Waals surface area (Å²) in [6, 6.07) is 2.10. The lowest BCUT2D eigenvalue weighted by Gasteiger charge is -2.36. The van der Waals surface area contributed by atoms with E-state index < -0.39 is 5.60 Å². The van der Waals surface area contributed by atoms with Crippen molar-refractivity contribution >= 4 is 17.7 Å². The molecule has 1 saturated heterocycles. The Bertz CT molecular complexity index is 797. The number of nitrogens with zero attached hydrogens (tertiary/aromatic N) is 6. The number of rotatable bonds is 4. The van der Waals surface area contributed by atoms with Crippen LogP contribution in [0, 0.1) is 5.92 Å². The van der Waals surface area contributed by atoms with Crippen molar-refractivity contribution in [2.45, 2.75) is 52.6 Å². The summed E-state index contributed by atoms with van der Waals surface area (Å²) in [7, 11) is 1.81. The van der Waals surface area contributed by atoms with E-state index in [1.165, 1.54) is 0 Å². The molecule has 0 N–H and O–H groups in total. The van der Waals surface area contributed by atoms with Crippen molar-refractivity contribution < 1.29 is 9.53 Å². The van der Waals surface area contributed by atoms with Gasteiger partial charge in [0.1, 0.15) is 17.7 Å². The van der Waals surface area contributed by atoms with E-state index in [4.69, 9.17) is 4.74 Å². The standard InChI is InChI=1S/C19H30N6O2/c1-6-15-10-16(25-17(22-15)20-13-21-25)24-9-7-8-14(12-24)11-23(5)18(26)27-19(2,3)4/h10,13-14H,6-9,11-12H2,1-5H3/t14-/m0/s1. The zero-order chi connectivity index (χ0) is 19.6. The minimum absolute atomic E-state index is 0.268. The van der Waals surface area contributed by atoms with Crippen LogP contribution in [-0.2, 0) is 11.2 Å². The van der Waals surface area contributed by atoms with Crippen LogP contribution in [0.4, 0.5) is 10.6 Å². The maximum absolute atomic E-state index is 12.3. The number of aryl methyl sites for hydroxylation is 1.